The van der Waals surface area contributed by atoms with Crippen LogP contribution in [0.4, 0.5) is 0 Å². The van der Waals surface area contributed by atoms with Crippen LogP contribution in [0.1, 0.15) is 39.0 Å². The first-order chi connectivity index (χ1) is 18.5. The van der Waals surface area contributed by atoms with E-state index in [1.165, 1.54) is 0 Å². The highest BCUT2D eigenvalue weighted by molar-refractivity contribution is 7.98. The van der Waals surface area contributed by atoms with Crippen LogP contribution in [-0.2, 0) is 17.8 Å². The minimum Gasteiger partial charge on any atom is -0.480 e. The first kappa shape index (κ1) is 27.1. The smallest absolute Gasteiger partial charge is 0.326 e. The molecule has 0 aliphatic carbocycles. The summed E-state index contributed by atoms with van der Waals surface area (Å²) in [5, 5.41) is 12.5. The number of carbonyl (C=O) groups excluding carboxylic acids is 1. The molecule has 0 fully saturated rings. The van der Waals surface area contributed by atoms with E-state index in [1.807, 2.05) is 79.9 Å². The summed E-state index contributed by atoms with van der Waals surface area (Å²) in [6, 6.07) is 24.2. The number of furan rings is 1. The number of aryl methyl sites for hydroxylation is 1. The van der Waals surface area contributed by atoms with E-state index in [2.05, 4.69) is 5.32 Å². The summed E-state index contributed by atoms with van der Waals surface area (Å²) >= 11 is 1.55. The van der Waals surface area contributed by atoms with E-state index in [9.17, 15) is 14.7 Å². The number of benzene rings is 3. The van der Waals surface area contributed by atoms with Crippen molar-refractivity contribution in [2.24, 2.45) is 0 Å². The van der Waals surface area contributed by atoms with Crippen molar-refractivity contribution in [1.82, 2.24) is 5.32 Å². The molecule has 7 heteroatoms. The summed E-state index contributed by atoms with van der Waals surface area (Å²) in [4.78, 5) is 25.6. The molecule has 0 spiro atoms. The van der Waals surface area contributed by atoms with E-state index in [0.717, 1.165) is 33.4 Å². The molecule has 1 aromatic heterocycles. The van der Waals surface area contributed by atoms with Crippen LogP contribution in [0, 0.1) is 6.92 Å². The molecule has 2 N–H and O–H groups in total. The molecule has 38 heavy (non-hydrogen) atoms. The maximum atomic E-state index is 13.7. The molecule has 0 unspecified atom stereocenters. The van der Waals surface area contributed by atoms with Gasteiger partial charge in [0, 0.05) is 11.6 Å². The van der Waals surface area contributed by atoms with Gasteiger partial charge < -0.3 is 19.6 Å². The maximum absolute atomic E-state index is 13.7. The van der Waals surface area contributed by atoms with Crippen molar-refractivity contribution in [2.75, 3.05) is 12.0 Å². The molecule has 0 aliphatic heterocycles. The van der Waals surface area contributed by atoms with Gasteiger partial charge in [0.05, 0.1) is 6.26 Å². The molecule has 3 aromatic carbocycles. The maximum Gasteiger partial charge on any atom is 0.326 e. The van der Waals surface area contributed by atoms with Crippen LogP contribution in [0.5, 0.6) is 5.95 Å². The number of thioether (sulfide) groups is 1. The number of hydrogen-bond acceptors (Lipinski definition) is 5. The Morgan fingerprint density at radius 3 is 2.42 bits per heavy atom. The molecule has 6 nitrogen and oxygen atoms in total. The molecule has 4 aromatic rings. The van der Waals surface area contributed by atoms with Gasteiger partial charge in [-0.15, -0.1) is 0 Å². The Morgan fingerprint density at radius 2 is 1.74 bits per heavy atom. The van der Waals surface area contributed by atoms with Crippen LogP contribution in [0.15, 0.2) is 89.5 Å². The monoisotopic (exact) mass is 529 g/mol. The van der Waals surface area contributed by atoms with Crippen molar-refractivity contribution in [3.8, 4) is 17.1 Å². The summed E-state index contributed by atoms with van der Waals surface area (Å²) in [5.41, 5.74) is 5.99. The highest BCUT2D eigenvalue weighted by Gasteiger charge is 2.24. The van der Waals surface area contributed by atoms with Gasteiger partial charge in [0.1, 0.15) is 12.6 Å². The van der Waals surface area contributed by atoms with Gasteiger partial charge in [-0.3, -0.25) is 4.79 Å². The molecule has 0 bridgehead atoms. The lowest BCUT2D eigenvalue weighted by Gasteiger charge is -2.20. The first-order valence-corrected chi connectivity index (χ1v) is 13.8. The van der Waals surface area contributed by atoms with E-state index in [-0.39, 0.29) is 6.61 Å². The predicted molar refractivity (Wildman–Crippen MR) is 151 cm³/mol. The van der Waals surface area contributed by atoms with Crippen molar-refractivity contribution in [3.63, 3.8) is 0 Å². The van der Waals surface area contributed by atoms with Crippen LogP contribution in [0.25, 0.3) is 11.1 Å². The predicted octanol–water partition coefficient (Wildman–Crippen LogP) is 6.36. The fraction of sp³-hybridized carbons (Fsp3) is 0.226. The lowest BCUT2D eigenvalue weighted by atomic mass is 9.89. The minimum atomic E-state index is -1.04. The van der Waals surface area contributed by atoms with Gasteiger partial charge in [0.2, 0.25) is 0 Å². The number of amides is 1. The number of nitrogens with one attached hydrogen (secondary N) is 1. The number of carboxylic acid groups (broad SMARTS) is 1. The second-order valence-corrected chi connectivity index (χ2v) is 10.00. The molecule has 196 valence electrons. The van der Waals surface area contributed by atoms with Crippen LogP contribution in [0.3, 0.4) is 0 Å². The molecule has 0 aliphatic rings. The van der Waals surface area contributed by atoms with Gasteiger partial charge >= 0.3 is 5.97 Å². The van der Waals surface area contributed by atoms with Crippen molar-refractivity contribution in [1.29, 1.82) is 0 Å². The lowest BCUT2D eigenvalue weighted by molar-refractivity contribution is -0.139. The molecule has 1 atom stereocenters. The van der Waals surface area contributed by atoms with Gasteiger partial charge in [0.25, 0.3) is 11.9 Å². The zero-order chi connectivity index (χ0) is 26.9. The Morgan fingerprint density at radius 1 is 0.974 bits per heavy atom. The Balaban J connectivity index is 1.80. The van der Waals surface area contributed by atoms with Gasteiger partial charge in [0.15, 0.2) is 0 Å². The standard InChI is InChI=1S/C31H31NO5S/c1-21-9-6-7-12-25(21)26-19-24(20-37-29-13-8-15-36-29)23(17-22-10-4-3-5-11-22)18-27(26)30(33)32-28(31(34)35)14-16-38-2/h3-13,15,18-19,28H,14,16-17,20H2,1-2H3,(H,32,33)(H,34,35)/t28-/m0/s1. The summed E-state index contributed by atoms with van der Waals surface area (Å²) in [6.45, 7) is 2.24. The molecule has 0 saturated carbocycles. The average molecular weight is 530 g/mol. The van der Waals surface area contributed by atoms with Gasteiger partial charge in [-0.1, -0.05) is 54.6 Å². The third-order valence-electron chi connectivity index (χ3n) is 6.34. The van der Waals surface area contributed by atoms with Gasteiger partial charge in [-0.25, -0.2) is 4.79 Å². The van der Waals surface area contributed by atoms with E-state index < -0.39 is 17.9 Å². The third kappa shape index (κ3) is 6.86. The van der Waals surface area contributed by atoms with E-state index >= 15 is 0 Å². The number of rotatable bonds is 12. The van der Waals surface area contributed by atoms with E-state index in [0.29, 0.717) is 30.1 Å². The fourth-order valence-corrected chi connectivity index (χ4v) is 4.78. The average Bonchev–Trinajstić information content (AvgIpc) is 3.44. The number of aliphatic carboxylic acids is 1. The largest absolute Gasteiger partial charge is 0.480 e. The zero-order valence-electron chi connectivity index (χ0n) is 21.5. The minimum absolute atomic E-state index is 0.252. The molecule has 0 saturated heterocycles. The lowest BCUT2D eigenvalue weighted by Crippen LogP contribution is -2.41. The Bertz CT molecular complexity index is 1370. The molecular weight excluding hydrogens is 498 g/mol. The highest BCUT2D eigenvalue weighted by atomic mass is 32.2. The van der Waals surface area contributed by atoms with E-state index in [4.69, 9.17) is 9.15 Å². The van der Waals surface area contributed by atoms with Crippen LogP contribution in [-0.4, -0.2) is 35.0 Å². The summed E-state index contributed by atoms with van der Waals surface area (Å²) in [6.07, 6.45) is 4.40. The third-order valence-corrected chi connectivity index (χ3v) is 6.98. The molecule has 1 amide bonds. The molecule has 0 radical (unpaired) electrons. The normalized spacial score (nSPS) is 11.6. The molecule has 4 rings (SSSR count). The second-order valence-electron chi connectivity index (χ2n) is 9.01. The number of hydrogen-bond donors (Lipinski definition) is 2. The van der Waals surface area contributed by atoms with Crippen LogP contribution >= 0.6 is 11.8 Å². The SMILES string of the molecule is CSCC[C@H](NC(=O)c1cc(Cc2ccccc2)c(COc2ccco2)cc1-c1ccccc1C)C(=O)O. The number of ether oxygens (including phenoxy) is 1. The Labute approximate surface area is 227 Å². The first-order valence-electron chi connectivity index (χ1n) is 12.4. The van der Waals surface area contributed by atoms with E-state index in [1.54, 1.807) is 30.2 Å². The summed E-state index contributed by atoms with van der Waals surface area (Å²) < 4.78 is 11.3. The number of carbonyl (C=O) groups is 2. The van der Waals surface area contributed by atoms with Gasteiger partial charge in [-0.2, -0.15) is 11.8 Å². The van der Waals surface area contributed by atoms with Crippen molar-refractivity contribution >= 4 is 23.6 Å². The second kappa shape index (κ2) is 13.0. The van der Waals surface area contributed by atoms with Crippen molar-refractivity contribution in [3.05, 3.63) is 113 Å². The van der Waals surface area contributed by atoms with Crippen LogP contribution in [0.2, 0.25) is 0 Å². The zero-order valence-corrected chi connectivity index (χ0v) is 22.3. The topological polar surface area (TPSA) is 88.8 Å². The Kier molecular flexibility index (Phi) is 9.27. The molecule has 1 heterocycles. The highest BCUT2D eigenvalue weighted by Crippen LogP contribution is 2.32. The van der Waals surface area contributed by atoms with Crippen molar-refractivity contribution < 1.29 is 23.8 Å². The quantitative estimate of drug-likeness (QED) is 0.222. The van der Waals surface area contributed by atoms with Gasteiger partial charge in [-0.05, 0) is 83.4 Å². The summed E-state index contributed by atoms with van der Waals surface area (Å²) in [7, 11) is 0. The fourth-order valence-electron chi connectivity index (χ4n) is 4.31. The van der Waals surface area contributed by atoms with Crippen molar-refractivity contribution in [2.45, 2.75) is 32.4 Å². The molecular formula is C31H31NO5S. The summed E-state index contributed by atoms with van der Waals surface area (Å²) in [5.74, 6) is -0.417. The Hall–Kier alpha value is -3.97. The number of carboxylic acids is 1. The van der Waals surface area contributed by atoms with Crippen LogP contribution < -0.4 is 10.1 Å².